The Bertz CT molecular complexity index is 1320. The molecular weight excluding hydrogens is 430 g/mol. The summed E-state index contributed by atoms with van der Waals surface area (Å²) in [5, 5.41) is 11.7. The Morgan fingerprint density at radius 1 is 0.906 bits per heavy atom. The van der Waals surface area contributed by atoms with Crippen molar-refractivity contribution in [3.8, 4) is 17.6 Å². The number of nitrogens with one attached hydrogen (secondary N) is 2. The number of hydrogen-bond acceptors (Lipinski definition) is 6. The number of amides is 1. The molecule has 0 radical (unpaired) electrons. The van der Waals surface area contributed by atoms with Gasteiger partial charge in [-0.3, -0.25) is 9.52 Å². The Balaban J connectivity index is 1.52. The zero-order valence-corrected chi connectivity index (χ0v) is 17.7. The number of fused-ring (bicyclic) bond motifs is 1. The molecule has 0 fully saturated rings. The van der Waals surface area contributed by atoms with Crippen LogP contribution in [0.4, 0.5) is 11.4 Å². The number of nitrogens with zero attached hydrogens (tertiary/aromatic N) is 1. The standard InChI is InChI=1S/C23H19N3O5S/c24-15-16-4-1-6-18(12-16)25-23(27)17-5-2-7-19(13-17)26-32(28,29)20-8-9-21-22(14-20)31-11-3-10-30-21/h1-2,4-9,12-14,26H,3,10-11H2,(H,25,27). The average Bonchev–Trinajstić information content (AvgIpc) is 3.04. The van der Waals surface area contributed by atoms with Gasteiger partial charge in [0.15, 0.2) is 11.5 Å². The fraction of sp³-hybridized carbons (Fsp3) is 0.130. The number of nitriles is 1. The second-order valence-electron chi connectivity index (χ2n) is 6.99. The van der Waals surface area contributed by atoms with E-state index in [0.717, 1.165) is 0 Å². The van der Waals surface area contributed by atoms with E-state index in [4.69, 9.17) is 14.7 Å². The summed E-state index contributed by atoms with van der Waals surface area (Å²) in [6, 6.07) is 19.1. The highest BCUT2D eigenvalue weighted by Crippen LogP contribution is 2.32. The molecule has 9 heteroatoms. The maximum Gasteiger partial charge on any atom is 0.262 e. The SMILES string of the molecule is N#Cc1cccc(NC(=O)c2cccc(NS(=O)(=O)c3ccc4c(c3)OCCCO4)c2)c1. The first-order valence-electron chi connectivity index (χ1n) is 9.79. The maximum absolute atomic E-state index is 12.9. The van der Waals surface area contributed by atoms with E-state index in [1.807, 2.05) is 6.07 Å². The maximum atomic E-state index is 12.9. The number of carbonyl (C=O) groups excluding carboxylic acids is 1. The van der Waals surface area contributed by atoms with Gasteiger partial charge < -0.3 is 14.8 Å². The average molecular weight is 449 g/mol. The predicted molar refractivity (Wildman–Crippen MR) is 118 cm³/mol. The highest BCUT2D eigenvalue weighted by atomic mass is 32.2. The summed E-state index contributed by atoms with van der Waals surface area (Å²) in [5.41, 5.74) is 1.37. The van der Waals surface area contributed by atoms with E-state index in [2.05, 4.69) is 10.0 Å². The molecule has 0 unspecified atom stereocenters. The minimum atomic E-state index is -3.92. The van der Waals surface area contributed by atoms with Crippen LogP contribution in [0, 0.1) is 11.3 Å². The molecule has 32 heavy (non-hydrogen) atoms. The molecule has 4 rings (SSSR count). The Labute approximate surface area is 185 Å². The summed E-state index contributed by atoms with van der Waals surface area (Å²) in [7, 11) is -3.92. The number of anilines is 2. The minimum absolute atomic E-state index is 0.0184. The fourth-order valence-electron chi connectivity index (χ4n) is 3.12. The van der Waals surface area contributed by atoms with E-state index in [1.54, 1.807) is 48.5 Å². The van der Waals surface area contributed by atoms with Gasteiger partial charge in [0.2, 0.25) is 0 Å². The zero-order valence-electron chi connectivity index (χ0n) is 16.9. The largest absolute Gasteiger partial charge is 0.490 e. The van der Waals surface area contributed by atoms with Crippen molar-refractivity contribution < 1.29 is 22.7 Å². The van der Waals surface area contributed by atoms with Crippen LogP contribution in [0.3, 0.4) is 0 Å². The van der Waals surface area contributed by atoms with Crippen LogP contribution in [0.2, 0.25) is 0 Å². The van der Waals surface area contributed by atoms with Gasteiger partial charge in [0.05, 0.1) is 29.7 Å². The molecule has 1 aliphatic heterocycles. The van der Waals surface area contributed by atoms with Gasteiger partial charge in [0.25, 0.3) is 15.9 Å². The van der Waals surface area contributed by atoms with Crippen molar-refractivity contribution in [1.82, 2.24) is 0 Å². The van der Waals surface area contributed by atoms with E-state index in [-0.39, 0.29) is 16.1 Å². The number of benzene rings is 3. The van der Waals surface area contributed by atoms with Crippen molar-refractivity contribution in [2.75, 3.05) is 23.3 Å². The van der Waals surface area contributed by atoms with Crippen molar-refractivity contribution in [3.63, 3.8) is 0 Å². The van der Waals surface area contributed by atoms with Crippen LogP contribution in [0.25, 0.3) is 0 Å². The summed E-state index contributed by atoms with van der Waals surface area (Å²) in [4.78, 5) is 12.6. The molecule has 0 aliphatic carbocycles. The Hall–Kier alpha value is -4.03. The van der Waals surface area contributed by atoms with E-state index < -0.39 is 15.9 Å². The first-order chi connectivity index (χ1) is 15.4. The van der Waals surface area contributed by atoms with Gasteiger partial charge in [-0.25, -0.2) is 8.42 Å². The Morgan fingerprint density at radius 2 is 1.66 bits per heavy atom. The van der Waals surface area contributed by atoms with Crippen LogP contribution in [0.5, 0.6) is 11.5 Å². The monoisotopic (exact) mass is 449 g/mol. The molecule has 0 saturated carbocycles. The van der Waals surface area contributed by atoms with Crippen molar-refractivity contribution in [2.45, 2.75) is 11.3 Å². The van der Waals surface area contributed by atoms with E-state index in [0.29, 0.717) is 42.4 Å². The molecule has 0 saturated heterocycles. The molecule has 1 heterocycles. The molecule has 1 amide bonds. The van der Waals surface area contributed by atoms with Crippen molar-refractivity contribution in [1.29, 1.82) is 5.26 Å². The highest BCUT2D eigenvalue weighted by molar-refractivity contribution is 7.92. The molecule has 0 atom stereocenters. The summed E-state index contributed by atoms with van der Waals surface area (Å²) < 4.78 is 39.3. The van der Waals surface area contributed by atoms with Gasteiger partial charge in [-0.15, -0.1) is 0 Å². The third kappa shape index (κ3) is 4.82. The summed E-state index contributed by atoms with van der Waals surface area (Å²) in [5.74, 6) is 0.440. The van der Waals surface area contributed by atoms with Crippen molar-refractivity contribution in [2.24, 2.45) is 0 Å². The second kappa shape index (κ2) is 8.99. The lowest BCUT2D eigenvalue weighted by molar-refractivity contribution is 0.102. The first-order valence-corrected chi connectivity index (χ1v) is 11.3. The number of rotatable bonds is 5. The highest BCUT2D eigenvalue weighted by Gasteiger charge is 2.19. The fourth-order valence-corrected chi connectivity index (χ4v) is 4.18. The molecule has 0 aromatic heterocycles. The van der Waals surface area contributed by atoms with Gasteiger partial charge in [-0.05, 0) is 48.5 Å². The van der Waals surface area contributed by atoms with E-state index in [9.17, 15) is 13.2 Å². The normalized spacial score (nSPS) is 12.8. The van der Waals surface area contributed by atoms with Gasteiger partial charge in [0, 0.05) is 29.4 Å². The molecule has 2 N–H and O–H groups in total. The zero-order chi connectivity index (χ0) is 22.6. The quantitative estimate of drug-likeness (QED) is 0.612. The van der Waals surface area contributed by atoms with Crippen molar-refractivity contribution >= 4 is 27.3 Å². The van der Waals surface area contributed by atoms with Gasteiger partial charge in [-0.2, -0.15) is 5.26 Å². The van der Waals surface area contributed by atoms with Gasteiger partial charge in [-0.1, -0.05) is 12.1 Å². The molecule has 3 aromatic rings. The third-order valence-corrected chi connectivity index (χ3v) is 6.03. The van der Waals surface area contributed by atoms with Gasteiger partial charge >= 0.3 is 0 Å². The third-order valence-electron chi connectivity index (χ3n) is 4.66. The number of carbonyl (C=O) groups is 1. The smallest absolute Gasteiger partial charge is 0.262 e. The summed E-state index contributed by atoms with van der Waals surface area (Å²) >= 11 is 0. The lowest BCUT2D eigenvalue weighted by Crippen LogP contribution is -2.15. The summed E-state index contributed by atoms with van der Waals surface area (Å²) in [6.07, 6.45) is 0.713. The predicted octanol–water partition coefficient (Wildman–Crippen LogP) is 3.77. The minimum Gasteiger partial charge on any atom is -0.490 e. The second-order valence-corrected chi connectivity index (χ2v) is 8.67. The molecule has 3 aromatic carbocycles. The lowest BCUT2D eigenvalue weighted by atomic mass is 10.1. The molecule has 8 nitrogen and oxygen atoms in total. The molecular formula is C23H19N3O5S. The Morgan fingerprint density at radius 3 is 2.47 bits per heavy atom. The molecule has 1 aliphatic rings. The number of ether oxygens (including phenoxy) is 2. The Kier molecular flexibility index (Phi) is 5.96. The topological polar surface area (TPSA) is 118 Å². The summed E-state index contributed by atoms with van der Waals surface area (Å²) in [6.45, 7) is 0.950. The van der Waals surface area contributed by atoms with Crippen molar-refractivity contribution in [3.05, 3.63) is 77.9 Å². The number of sulfonamides is 1. The van der Waals surface area contributed by atoms with E-state index >= 15 is 0 Å². The van der Waals surface area contributed by atoms with Crippen LogP contribution in [0.15, 0.2) is 71.6 Å². The first kappa shape index (κ1) is 21.2. The van der Waals surface area contributed by atoms with Crippen LogP contribution in [-0.4, -0.2) is 27.5 Å². The van der Waals surface area contributed by atoms with Crippen LogP contribution >= 0.6 is 0 Å². The lowest BCUT2D eigenvalue weighted by Gasteiger charge is -2.12. The molecule has 162 valence electrons. The van der Waals surface area contributed by atoms with Crippen LogP contribution < -0.4 is 19.5 Å². The molecule has 0 spiro atoms. The van der Waals surface area contributed by atoms with Crippen LogP contribution in [-0.2, 0) is 10.0 Å². The van der Waals surface area contributed by atoms with Crippen LogP contribution in [0.1, 0.15) is 22.3 Å². The van der Waals surface area contributed by atoms with Gasteiger partial charge in [0.1, 0.15) is 0 Å². The van der Waals surface area contributed by atoms with E-state index in [1.165, 1.54) is 18.2 Å². The molecule has 0 bridgehead atoms. The number of hydrogen-bond donors (Lipinski definition) is 2.